The first-order chi connectivity index (χ1) is 13.8. The highest BCUT2D eigenvalue weighted by atomic mass is 35.5. The van der Waals surface area contributed by atoms with Gasteiger partial charge >= 0.3 is 0 Å². The van der Waals surface area contributed by atoms with E-state index in [1.165, 1.54) is 10.4 Å². The number of hydrogen-bond acceptors (Lipinski definition) is 4. The van der Waals surface area contributed by atoms with Crippen LogP contribution in [-0.2, 0) is 6.42 Å². The molecule has 0 spiro atoms. The van der Waals surface area contributed by atoms with Gasteiger partial charge in [0.2, 0.25) is 0 Å². The number of halogens is 1. The first-order valence-corrected chi connectivity index (χ1v) is 11.1. The normalized spacial score (nSPS) is 11.3. The first kappa shape index (κ1) is 19.0. The molecule has 140 valence electrons. The molecule has 0 aliphatic carbocycles. The molecule has 0 amide bonds. The molecular formula is C22H18ClN3S2. The summed E-state index contributed by atoms with van der Waals surface area (Å²) < 4.78 is 2.12. The molecule has 4 aromatic rings. The second kappa shape index (κ2) is 9.24. The second-order valence-electron chi connectivity index (χ2n) is 6.09. The van der Waals surface area contributed by atoms with Crippen LogP contribution in [-0.4, -0.2) is 20.5 Å². The van der Waals surface area contributed by atoms with Crippen molar-refractivity contribution in [2.24, 2.45) is 0 Å². The third-order valence-electron chi connectivity index (χ3n) is 4.12. The maximum atomic E-state index is 6.08. The summed E-state index contributed by atoms with van der Waals surface area (Å²) in [6, 6.07) is 22.3. The van der Waals surface area contributed by atoms with Crippen molar-refractivity contribution in [3.63, 3.8) is 0 Å². The highest BCUT2D eigenvalue weighted by molar-refractivity contribution is 7.99. The van der Waals surface area contributed by atoms with Crippen molar-refractivity contribution in [3.8, 4) is 5.69 Å². The summed E-state index contributed by atoms with van der Waals surface area (Å²) in [5.74, 6) is 1.75. The number of rotatable bonds is 7. The topological polar surface area (TPSA) is 30.7 Å². The van der Waals surface area contributed by atoms with Gasteiger partial charge in [0.1, 0.15) is 5.82 Å². The third-order valence-corrected chi connectivity index (χ3v) is 6.13. The van der Waals surface area contributed by atoms with Crippen LogP contribution in [0.2, 0.25) is 5.02 Å². The van der Waals surface area contributed by atoms with Crippen molar-refractivity contribution in [2.45, 2.75) is 11.6 Å². The maximum Gasteiger partial charge on any atom is 0.196 e. The molecule has 3 nitrogen and oxygen atoms in total. The molecule has 2 heterocycles. The summed E-state index contributed by atoms with van der Waals surface area (Å²) in [5, 5.41) is 12.6. The van der Waals surface area contributed by atoms with Crippen molar-refractivity contribution in [3.05, 3.63) is 99.5 Å². The fourth-order valence-corrected chi connectivity index (χ4v) is 4.41. The summed E-state index contributed by atoms with van der Waals surface area (Å²) in [6.07, 6.45) is 5.04. The lowest BCUT2D eigenvalue weighted by molar-refractivity contribution is 0.852. The van der Waals surface area contributed by atoms with Gasteiger partial charge in [-0.2, -0.15) is 0 Å². The van der Waals surface area contributed by atoms with Gasteiger partial charge in [0.15, 0.2) is 5.16 Å². The van der Waals surface area contributed by atoms with Crippen LogP contribution in [0.15, 0.2) is 83.3 Å². The molecule has 0 unspecified atom stereocenters. The number of aromatic nitrogens is 3. The van der Waals surface area contributed by atoms with Crippen LogP contribution in [0.1, 0.15) is 16.3 Å². The van der Waals surface area contributed by atoms with Crippen LogP contribution in [0.4, 0.5) is 0 Å². The second-order valence-corrected chi connectivity index (χ2v) is 8.55. The number of thioether (sulfide) groups is 1. The minimum atomic E-state index is 0.719. The molecule has 4 rings (SSSR count). The van der Waals surface area contributed by atoms with E-state index in [9.17, 15) is 0 Å². The highest BCUT2D eigenvalue weighted by Gasteiger charge is 2.15. The standard InChI is InChI=1S/C22H18ClN3S2/c23-18-10-12-19(13-11-18)26-21(16-20-9-5-14-27-20)24-25-22(26)28-15-4-8-17-6-2-1-3-7-17/h1-14H,15-16H2. The zero-order chi connectivity index (χ0) is 19.2. The Labute approximate surface area is 177 Å². The molecule has 0 aliphatic rings. The molecule has 0 N–H and O–H groups in total. The summed E-state index contributed by atoms with van der Waals surface area (Å²) >= 11 is 9.48. The fraction of sp³-hybridized carbons (Fsp3) is 0.0909. The van der Waals surface area contributed by atoms with Crippen LogP contribution >= 0.6 is 34.7 Å². The fourth-order valence-electron chi connectivity index (χ4n) is 2.80. The molecule has 0 bridgehead atoms. The van der Waals surface area contributed by atoms with Gasteiger partial charge in [-0.1, -0.05) is 71.9 Å². The quantitative estimate of drug-likeness (QED) is 0.323. The Bertz CT molecular complexity index is 1040. The van der Waals surface area contributed by atoms with Crippen LogP contribution in [0.25, 0.3) is 11.8 Å². The smallest absolute Gasteiger partial charge is 0.196 e. The van der Waals surface area contributed by atoms with Gasteiger partial charge < -0.3 is 0 Å². The SMILES string of the molecule is Clc1ccc(-n2c(Cc3cccs3)nnc2SCC=Cc2ccccc2)cc1. The van der Waals surface area contributed by atoms with Gasteiger partial charge in [0.05, 0.1) is 0 Å². The molecule has 0 fully saturated rings. The predicted octanol–water partition coefficient (Wildman–Crippen LogP) is 6.38. The summed E-state index contributed by atoms with van der Waals surface area (Å²) in [6.45, 7) is 0. The molecule has 0 saturated heterocycles. The lowest BCUT2D eigenvalue weighted by Gasteiger charge is -2.09. The maximum absolute atomic E-state index is 6.08. The Kier molecular flexibility index (Phi) is 6.27. The monoisotopic (exact) mass is 423 g/mol. The number of nitrogens with zero attached hydrogens (tertiary/aromatic N) is 3. The van der Waals surface area contributed by atoms with Crippen LogP contribution in [0.3, 0.4) is 0 Å². The van der Waals surface area contributed by atoms with Crippen molar-refractivity contribution in [1.29, 1.82) is 0 Å². The first-order valence-electron chi connectivity index (χ1n) is 8.86. The average Bonchev–Trinajstić information content (AvgIpc) is 3.37. The third kappa shape index (κ3) is 4.73. The van der Waals surface area contributed by atoms with Gasteiger partial charge in [0, 0.05) is 27.8 Å². The van der Waals surface area contributed by atoms with E-state index in [1.54, 1.807) is 23.1 Å². The van der Waals surface area contributed by atoms with Crippen LogP contribution in [0, 0.1) is 0 Å². The van der Waals surface area contributed by atoms with Gasteiger partial charge in [-0.25, -0.2) is 0 Å². The minimum Gasteiger partial charge on any atom is -0.274 e. The van der Waals surface area contributed by atoms with E-state index < -0.39 is 0 Å². The Morgan fingerprint density at radius 2 is 1.79 bits per heavy atom. The lowest BCUT2D eigenvalue weighted by atomic mass is 10.2. The average molecular weight is 424 g/mol. The molecule has 6 heteroatoms. The van der Waals surface area contributed by atoms with Gasteiger partial charge in [-0.15, -0.1) is 21.5 Å². The summed E-state index contributed by atoms with van der Waals surface area (Å²) in [5.41, 5.74) is 2.22. The molecule has 0 aliphatic heterocycles. The molecule has 2 aromatic heterocycles. The number of hydrogen-bond donors (Lipinski definition) is 0. The van der Waals surface area contributed by atoms with Crippen molar-refractivity contribution < 1.29 is 0 Å². The van der Waals surface area contributed by atoms with E-state index in [0.717, 1.165) is 33.9 Å². The lowest BCUT2D eigenvalue weighted by Crippen LogP contribution is -2.03. The summed E-state index contributed by atoms with van der Waals surface area (Å²) in [4.78, 5) is 1.27. The Morgan fingerprint density at radius 1 is 0.964 bits per heavy atom. The van der Waals surface area contributed by atoms with Crippen molar-refractivity contribution in [1.82, 2.24) is 14.8 Å². The van der Waals surface area contributed by atoms with E-state index in [0.29, 0.717) is 0 Å². The molecule has 0 saturated carbocycles. The van der Waals surface area contributed by atoms with Gasteiger partial charge in [-0.05, 0) is 41.3 Å². The van der Waals surface area contributed by atoms with E-state index >= 15 is 0 Å². The number of thiophene rings is 1. The Balaban J connectivity index is 1.56. The zero-order valence-corrected chi connectivity index (χ0v) is 17.4. The number of benzene rings is 2. The van der Waals surface area contributed by atoms with Gasteiger partial charge in [-0.3, -0.25) is 4.57 Å². The van der Waals surface area contributed by atoms with E-state index in [1.807, 2.05) is 42.5 Å². The van der Waals surface area contributed by atoms with E-state index in [2.05, 4.69) is 56.6 Å². The zero-order valence-electron chi connectivity index (χ0n) is 15.0. The van der Waals surface area contributed by atoms with Gasteiger partial charge in [0.25, 0.3) is 0 Å². The highest BCUT2D eigenvalue weighted by Crippen LogP contribution is 2.25. The predicted molar refractivity (Wildman–Crippen MR) is 120 cm³/mol. The van der Waals surface area contributed by atoms with E-state index in [4.69, 9.17) is 11.6 Å². The Morgan fingerprint density at radius 3 is 2.54 bits per heavy atom. The summed E-state index contributed by atoms with van der Waals surface area (Å²) in [7, 11) is 0. The van der Waals surface area contributed by atoms with E-state index in [-0.39, 0.29) is 0 Å². The molecule has 2 aromatic carbocycles. The molecule has 0 radical (unpaired) electrons. The van der Waals surface area contributed by atoms with Crippen LogP contribution < -0.4 is 0 Å². The largest absolute Gasteiger partial charge is 0.274 e. The molecule has 28 heavy (non-hydrogen) atoms. The molecule has 0 atom stereocenters. The van der Waals surface area contributed by atoms with Crippen molar-refractivity contribution >= 4 is 40.8 Å². The van der Waals surface area contributed by atoms with Crippen LogP contribution in [0.5, 0.6) is 0 Å². The Hall–Kier alpha value is -2.34. The molecular weight excluding hydrogens is 406 g/mol. The minimum absolute atomic E-state index is 0.719. The van der Waals surface area contributed by atoms with Crippen molar-refractivity contribution in [2.75, 3.05) is 5.75 Å².